The van der Waals surface area contributed by atoms with Crippen molar-refractivity contribution in [2.75, 3.05) is 6.54 Å². The van der Waals surface area contributed by atoms with Crippen molar-refractivity contribution >= 4 is 11.6 Å². The number of rotatable bonds is 7. The van der Waals surface area contributed by atoms with Crippen LogP contribution in [0.2, 0.25) is 5.15 Å². The molecule has 1 heterocycles. The third kappa shape index (κ3) is 5.22. The number of aliphatic hydroxyl groups excluding tert-OH is 1. The minimum absolute atomic E-state index is 0.0612. The van der Waals surface area contributed by atoms with E-state index in [0.717, 1.165) is 5.56 Å². The zero-order chi connectivity index (χ0) is 15.9. The van der Waals surface area contributed by atoms with Gasteiger partial charge in [-0.2, -0.15) is 8.78 Å². The highest BCUT2D eigenvalue weighted by molar-refractivity contribution is 6.29. The Labute approximate surface area is 131 Å². The Morgan fingerprint density at radius 3 is 2.50 bits per heavy atom. The van der Waals surface area contributed by atoms with Crippen molar-refractivity contribution in [1.82, 2.24) is 10.3 Å². The normalized spacial score (nSPS) is 12.4. The highest BCUT2D eigenvalue weighted by Crippen LogP contribution is 2.19. The SMILES string of the molecule is OC(CNCc1ccc(Cl)nc1)c1ccc(OC(F)F)cc1. The molecule has 1 aromatic carbocycles. The maximum absolute atomic E-state index is 12.0. The Morgan fingerprint density at radius 1 is 1.18 bits per heavy atom. The molecule has 0 bridgehead atoms. The van der Waals surface area contributed by atoms with E-state index in [9.17, 15) is 13.9 Å². The number of nitrogens with one attached hydrogen (secondary N) is 1. The molecule has 0 radical (unpaired) electrons. The maximum atomic E-state index is 12.0. The first kappa shape index (κ1) is 16.6. The van der Waals surface area contributed by atoms with Crippen molar-refractivity contribution in [2.24, 2.45) is 0 Å². The van der Waals surface area contributed by atoms with Crippen LogP contribution < -0.4 is 10.1 Å². The van der Waals surface area contributed by atoms with E-state index < -0.39 is 12.7 Å². The number of ether oxygens (including phenoxy) is 1. The minimum atomic E-state index is -2.86. The molecule has 2 aromatic rings. The van der Waals surface area contributed by atoms with Crippen LogP contribution in [0, 0.1) is 0 Å². The molecule has 7 heteroatoms. The molecule has 2 rings (SSSR count). The lowest BCUT2D eigenvalue weighted by Gasteiger charge is -2.13. The predicted molar refractivity (Wildman–Crippen MR) is 79.0 cm³/mol. The number of nitrogens with zero attached hydrogens (tertiary/aromatic N) is 1. The van der Waals surface area contributed by atoms with Gasteiger partial charge in [0.05, 0.1) is 6.10 Å². The Morgan fingerprint density at radius 2 is 1.91 bits per heavy atom. The largest absolute Gasteiger partial charge is 0.435 e. The summed E-state index contributed by atoms with van der Waals surface area (Å²) in [6.07, 6.45) is 0.902. The van der Waals surface area contributed by atoms with E-state index in [-0.39, 0.29) is 5.75 Å². The van der Waals surface area contributed by atoms with Gasteiger partial charge in [0.25, 0.3) is 0 Å². The van der Waals surface area contributed by atoms with E-state index in [1.165, 1.54) is 12.1 Å². The van der Waals surface area contributed by atoms with Gasteiger partial charge in [-0.25, -0.2) is 4.98 Å². The Kier molecular flexibility index (Phi) is 6.06. The van der Waals surface area contributed by atoms with E-state index in [1.54, 1.807) is 24.4 Å². The number of alkyl halides is 2. The zero-order valence-corrected chi connectivity index (χ0v) is 12.3. The van der Waals surface area contributed by atoms with Gasteiger partial charge in [0.15, 0.2) is 0 Å². The lowest BCUT2D eigenvalue weighted by Crippen LogP contribution is -2.21. The van der Waals surface area contributed by atoms with Gasteiger partial charge in [-0.15, -0.1) is 0 Å². The van der Waals surface area contributed by atoms with E-state index in [1.807, 2.05) is 6.07 Å². The van der Waals surface area contributed by atoms with Crippen molar-refractivity contribution in [3.8, 4) is 5.75 Å². The number of hydrogen-bond donors (Lipinski definition) is 2. The van der Waals surface area contributed by atoms with Crippen LogP contribution in [0.4, 0.5) is 8.78 Å². The van der Waals surface area contributed by atoms with Gasteiger partial charge in [0, 0.05) is 19.3 Å². The molecule has 118 valence electrons. The van der Waals surface area contributed by atoms with Crippen molar-refractivity contribution in [1.29, 1.82) is 0 Å². The standard InChI is InChI=1S/C15H15ClF2N2O2/c16-14-6-1-10(8-20-14)7-19-9-13(21)11-2-4-12(5-3-11)22-15(17)18/h1-6,8,13,15,19,21H,7,9H2. The first-order chi connectivity index (χ1) is 10.5. The van der Waals surface area contributed by atoms with Crippen molar-refractivity contribution in [3.63, 3.8) is 0 Å². The lowest BCUT2D eigenvalue weighted by atomic mass is 10.1. The second kappa shape index (κ2) is 8.03. The molecule has 1 aromatic heterocycles. The van der Waals surface area contributed by atoms with Gasteiger partial charge in [-0.3, -0.25) is 0 Å². The fourth-order valence-electron chi connectivity index (χ4n) is 1.85. The van der Waals surface area contributed by atoms with Crippen LogP contribution in [0.15, 0.2) is 42.6 Å². The molecule has 1 atom stereocenters. The molecule has 0 aliphatic heterocycles. The number of hydrogen-bond acceptors (Lipinski definition) is 4. The second-order valence-corrected chi connectivity index (χ2v) is 4.97. The van der Waals surface area contributed by atoms with Crippen LogP contribution in [-0.2, 0) is 6.54 Å². The lowest BCUT2D eigenvalue weighted by molar-refractivity contribution is -0.0498. The smallest absolute Gasteiger partial charge is 0.387 e. The Bertz CT molecular complexity index is 579. The second-order valence-electron chi connectivity index (χ2n) is 4.58. The van der Waals surface area contributed by atoms with Gasteiger partial charge in [-0.05, 0) is 29.3 Å². The van der Waals surface area contributed by atoms with Gasteiger partial charge >= 0.3 is 6.61 Å². The fourth-order valence-corrected chi connectivity index (χ4v) is 1.97. The van der Waals surface area contributed by atoms with Crippen LogP contribution in [0.5, 0.6) is 5.75 Å². The summed E-state index contributed by atoms with van der Waals surface area (Å²) in [4.78, 5) is 3.96. The molecular formula is C15H15ClF2N2O2. The van der Waals surface area contributed by atoms with Crippen LogP contribution in [0.25, 0.3) is 0 Å². The Balaban J connectivity index is 1.81. The monoisotopic (exact) mass is 328 g/mol. The molecule has 1 unspecified atom stereocenters. The number of pyridine rings is 1. The first-order valence-corrected chi connectivity index (χ1v) is 6.96. The summed E-state index contributed by atoms with van der Waals surface area (Å²) >= 11 is 5.69. The van der Waals surface area contributed by atoms with Gasteiger partial charge in [-0.1, -0.05) is 29.8 Å². The van der Waals surface area contributed by atoms with Gasteiger partial charge in [0.2, 0.25) is 0 Å². The van der Waals surface area contributed by atoms with Crippen LogP contribution >= 0.6 is 11.6 Å². The van der Waals surface area contributed by atoms with Crippen molar-refractivity contribution in [3.05, 3.63) is 58.9 Å². The topological polar surface area (TPSA) is 54.4 Å². The van der Waals surface area contributed by atoms with Crippen molar-refractivity contribution in [2.45, 2.75) is 19.3 Å². The molecule has 0 spiro atoms. The average molecular weight is 329 g/mol. The zero-order valence-electron chi connectivity index (χ0n) is 11.5. The summed E-state index contributed by atoms with van der Waals surface area (Å²) in [5.74, 6) is 0.0612. The highest BCUT2D eigenvalue weighted by atomic mass is 35.5. The molecular weight excluding hydrogens is 314 g/mol. The molecule has 0 saturated heterocycles. The summed E-state index contributed by atoms with van der Waals surface area (Å²) in [5.41, 5.74) is 1.56. The first-order valence-electron chi connectivity index (χ1n) is 6.58. The summed E-state index contributed by atoms with van der Waals surface area (Å²) in [5, 5.41) is 13.5. The number of aromatic nitrogens is 1. The average Bonchev–Trinajstić information content (AvgIpc) is 2.49. The van der Waals surface area contributed by atoms with Gasteiger partial charge in [0.1, 0.15) is 10.9 Å². The van der Waals surface area contributed by atoms with Crippen molar-refractivity contribution < 1.29 is 18.6 Å². The van der Waals surface area contributed by atoms with E-state index in [0.29, 0.717) is 23.8 Å². The van der Waals surface area contributed by atoms with Crippen LogP contribution in [0.1, 0.15) is 17.2 Å². The quantitative estimate of drug-likeness (QED) is 0.767. The molecule has 0 amide bonds. The van der Waals surface area contributed by atoms with Crippen LogP contribution in [0.3, 0.4) is 0 Å². The third-order valence-electron chi connectivity index (χ3n) is 2.95. The fraction of sp³-hybridized carbons (Fsp3) is 0.267. The third-order valence-corrected chi connectivity index (χ3v) is 3.17. The van der Waals surface area contributed by atoms with E-state index in [4.69, 9.17) is 11.6 Å². The van der Waals surface area contributed by atoms with Gasteiger partial charge < -0.3 is 15.2 Å². The number of aliphatic hydroxyl groups is 1. The number of benzene rings is 1. The molecule has 22 heavy (non-hydrogen) atoms. The summed E-state index contributed by atoms with van der Waals surface area (Å²) in [7, 11) is 0. The minimum Gasteiger partial charge on any atom is -0.435 e. The highest BCUT2D eigenvalue weighted by Gasteiger charge is 2.09. The number of halogens is 3. The molecule has 0 aliphatic carbocycles. The maximum Gasteiger partial charge on any atom is 0.387 e. The summed E-state index contributed by atoms with van der Waals surface area (Å²) in [6.45, 7) is -2.00. The molecule has 0 fully saturated rings. The molecule has 0 aliphatic rings. The van der Waals surface area contributed by atoms with E-state index in [2.05, 4.69) is 15.0 Å². The molecule has 4 nitrogen and oxygen atoms in total. The summed E-state index contributed by atoms with van der Waals surface area (Å²) in [6, 6.07) is 9.42. The molecule has 2 N–H and O–H groups in total. The van der Waals surface area contributed by atoms with Crippen LogP contribution in [-0.4, -0.2) is 23.2 Å². The Hall–Kier alpha value is -1.76. The summed E-state index contributed by atoms with van der Waals surface area (Å²) < 4.78 is 28.3. The van der Waals surface area contributed by atoms with E-state index >= 15 is 0 Å². The predicted octanol–water partition coefficient (Wildman–Crippen LogP) is 3.16. The molecule has 0 saturated carbocycles.